The predicted molar refractivity (Wildman–Crippen MR) is 94.6 cm³/mol. The first-order valence-electron chi connectivity index (χ1n) is 8.32. The van der Waals surface area contributed by atoms with Gasteiger partial charge < -0.3 is 0 Å². The molecular weight excluding hydrogens is 329 g/mol. The Labute approximate surface area is 148 Å². The van der Waals surface area contributed by atoms with Gasteiger partial charge in [0.05, 0.1) is 11.6 Å². The maximum atomic E-state index is 6.40. The van der Waals surface area contributed by atoms with Crippen LogP contribution in [0.15, 0.2) is 24.3 Å². The highest BCUT2D eigenvalue weighted by Crippen LogP contribution is 2.53. The lowest BCUT2D eigenvalue weighted by Gasteiger charge is -2.47. The van der Waals surface area contributed by atoms with Gasteiger partial charge in [0.15, 0.2) is 0 Å². The van der Waals surface area contributed by atoms with Crippen molar-refractivity contribution in [3.05, 3.63) is 24.3 Å². The van der Waals surface area contributed by atoms with Crippen molar-refractivity contribution in [2.24, 2.45) is 5.92 Å². The molecule has 2 heterocycles. The fraction of sp³-hybridized carbons (Fsp3) is 0.579. The van der Waals surface area contributed by atoms with Gasteiger partial charge in [-0.05, 0) is 80.3 Å². The third-order valence-corrected chi connectivity index (χ3v) is 5.61. The van der Waals surface area contributed by atoms with Crippen LogP contribution in [0.25, 0.3) is 0 Å². The molecular formula is C19H21Cl2NO. The number of halogens is 2. The van der Waals surface area contributed by atoms with Crippen molar-refractivity contribution in [3.8, 4) is 22.6 Å². The number of hydroxylamine groups is 2. The standard InChI is InChI=1S/C19H21Cl2NO/c20-14-4-1-2-8-16-9-6-12-19-13-7-11-18(23-22(16)19)17(19)10-3-5-15-21/h1-3,10,16-18H,6-9,11-13H2/b2-1-,10-3-/t16-,17-,18-,19?/m1/s1. The van der Waals surface area contributed by atoms with Crippen LogP contribution in [0.4, 0.5) is 0 Å². The van der Waals surface area contributed by atoms with E-state index in [1.165, 1.54) is 32.1 Å². The van der Waals surface area contributed by atoms with Crippen molar-refractivity contribution in [1.82, 2.24) is 5.06 Å². The van der Waals surface area contributed by atoms with E-state index in [9.17, 15) is 0 Å². The number of allylic oxidation sites excluding steroid dienone is 2. The Morgan fingerprint density at radius 3 is 2.61 bits per heavy atom. The molecule has 0 radical (unpaired) electrons. The molecule has 4 heteroatoms. The Hall–Kier alpha value is -0.900. The van der Waals surface area contributed by atoms with Crippen molar-refractivity contribution in [2.75, 3.05) is 0 Å². The van der Waals surface area contributed by atoms with Crippen LogP contribution in [0.2, 0.25) is 0 Å². The molecule has 0 aromatic carbocycles. The van der Waals surface area contributed by atoms with E-state index in [2.05, 4.69) is 39.8 Å². The average Bonchev–Trinajstić information content (AvgIpc) is 2.74. The van der Waals surface area contributed by atoms with Gasteiger partial charge in [0.1, 0.15) is 0 Å². The number of hydrogen-bond donors (Lipinski definition) is 0. The molecule has 122 valence electrons. The van der Waals surface area contributed by atoms with Crippen LogP contribution in [0.5, 0.6) is 0 Å². The summed E-state index contributed by atoms with van der Waals surface area (Å²) in [6.07, 6.45) is 16.5. The number of nitrogens with zero attached hydrogens (tertiary/aromatic N) is 1. The third-order valence-electron chi connectivity index (χ3n) is 5.39. The van der Waals surface area contributed by atoms with Crippen LogP contribution in [-0.4, -0.2) is 22.7 Å². The summed E-state index contributed by atoms with van der Waals surface area (Å²) < 4.78 is 0. The Bertz CT molecular complexity index is 602. The molecule has 0 aromatic rings. The molecule has 3 rings (SSSR count). The monoisotopic (exact) mass is 349 g/mol. The van der Waals surface area contributed by atoms with E-state index in [1.54, 1.807) is 0 Å². The summed E-state index contributed by atoms with van der Waals surface area (Å²) in [5.74, 6) is 6.03. The SMILES string of the molecule is ClC#C/C=C\C[C@@H]1CCCC23CCC[C@@H](ON12)[C@H]3/C=C\C#CCl. The zero-order valence-corrected chi connectivity index (χ0v) is 14.6. The number of piperidine rings is 1. The molecule has 0 amide bonds. The molecule has 1 spiro atoms. The van der Waals surface area contributed by atoms with Gasteiger partial charge >= 0.3 is 0 Å². The molecule has 0 N–H and O–H groups in total. The topological polar surface area (TPSA) is 12.5 Å². The quantitative estimate of drug-likeness (QED) is 0.690. The van der Waals surface area contributed by atoms with Crippen LogP contribution < -0.4 is 0 Å². The van der Waals surface area contributed by atoms with E-state index in [1.807, 2.05) is 12.2 Å². The summed E-state index contributed by atoms with van der Waals surface area (Å²) >= 11 is 10.9. The predicted octanol–water partition coefficient (Wildman–Crippen LogP) is 4.60. The van der Waals surface area contributed by atoms with E-state index in [-0.39, 0.29) is 11.6 Å². The maximum Gasteiger partial charge on any atom is 0.0875 e. The lowest BCUT2D eigenvalue weighted by Crippen LogP contribution is -2.55. The molecule has 4 atom stereocenters. The highest BCUT2D eigenvalue weighted by atomic mass is 35.5. The van der Waals surface area contributed by atoms with Crippen LogP contribution in [0.3, 0.4) is 0 Å². The molecule has 3 fully saturated rings. The second-order valence-electron chi connectivity index (χ2n) is 6.51. The van der Waals surface area contributed by atoms with Gasteiger partial charge in [0.2, 0.25) is 0 Å². The van der Waals surface area contributed by atoms with Crippen molar-refractivity contribution in [1.29, 1.82) is 0 Å². The van der Waals surface area contributed by atoms with Crippen molar-refractivity contribution in [2.45, 2.75) is 62.6 Å². The summed E-state index contributed by atoms with van der Waals surface area (Å²) in [5, 5.41) is 7.13. The summed E-state index contributed by atoms with van der Waals surface area (Å²) in [6.45, 7) is 0. The van der Waals surface area contributed by atoms with Gasteiger partial charge in [-0.3, -0.25) is 4.84 Å². The van der Waals surface area contributed by atoms with Crippen molar-refractivity contribution in [3.63, 3.8) is 0 Å². The Morgan fingerprint density at radius 2 is 1.83 bits per heavy atom. The molecule has 1 unspecified atom stereocenters. The zero-order chi connectivity index (χ0) is 16.1. The van der Waals surface area contributed by atoms with Gasteiger partial charge in [-0.25, -0.2) is 0 Å². The van der Waals surface area contributed by atoms with Crippen molar-refractivity contribution >= 4 is 23.2 Å². The molecule has 1 aliphatic carbocycles. The molecule has 2 saturated heterocycles. The number of hydrogen-bond acceptors (Lipinski definition) is 2. The zero-order valence-electron chi connectivity index (χ0n) is 13.1. The lowest BCUT2D eigenvalue weighted by atomic mass is 9.67. The smallest absolute Gasteiger partial charge is 0.0875 e. The first kappa shape index (κ1) is 16.9. The van der Waals surface area contributed by atoms with Gasteiger partial charge in [0, 0.05) is 22.7 Å². The average molecular weight is 350 g/mol. The van der Waals surface area contributed by atoms with E-state index < -0.39 is 0 Å². The molecule has 2 aliphatic heterocycles. The second-order valence-corrected chi connectivity index (χ2v) is 6.89. The summed E-state index contributed by atoms with van der Waals surface area (Å²) in [4.78, 5) is 6.40. The molecule has 0 aromatic heterocycles. The molecule has 1 saturated carbocycles. The van der Waals surface area contributed by atoms with Gasteiger partial charge in [-0.2, -0.15) is 5.06 Å². The highest BCUT2D eigenvalue weighted by molar-refractivity contribution is 6.30. The minimum atomic E-state index is 0.141. The Kier molecular flexibility index (Phi) is 5.73. The number of rotatable bonds is 3. The fourth-order valence-corrected chi connectivity index (χ4v) is 4.68. The van der Waals surface area contributed by atoms with Crippen molar-refractivity contribution < 1.29 is 4.84 Å². The Morgan fingerprint density at radius 1 is 1.09 bits per heavy atom. The first-order valence-corrected chi connectivity index (χ1v) is 9.07. The molecule has 2 bridgehead atoms. The van der Waals surface area contributed by atoms with E-state index in [4.69, 9.17) is 28.0 Å². The van der Waals surface area contributed by atoms with Crippen LogP contribution >= 0.6 is 23.2 Å². The van der Waals surface area contributed by atoms with Gasteiger partial charge in [0.25, 0.3) is 0 Å². The van der Waals surface area contributed by atoms with Crippen LogP contribution in [0, 0.1) is 28.5 Å². The van der Waals surface area contributed by atoms with Gasteiger partial charge in [-0.15, -0.1) is 0 Å². The van der Waals surface area contributed by atoms with E-state index in [0.717, 1.165) is 12.8 Å². The minimum Gasteiger partial charge on any atom is -0.294 e. The third kappa shape index (κ3) is 3.33. The Balaban J connectivity index is 1.80. The second kappa shape index (κ2) is 7.78. The lowest BCUT2D eigenvalue weighted by molar-refractivity contribution is -0.221. The van der Waals surface area contributed by atoms with Crippen LogP contribution in [-0.2, 0) is 4.84 Å². The molecule has 23 heavy (non-hydrogen) atoms. The maximum absolute atomic E-state index is 6.40. The number of fused-ring (bicyclic) bond motifs is 1. The summed E-state index contributed by atoms with van der Waals surface area (Å²) in [5.41, 5.74) is 0.141. The largest absolute Gasteiger partial charge is 0.294 e. The fourth-order valence-electron chi connectivity index (χ4n) is 4.56. The van der Waals surface area contributed by atoms with E-state index >= 15 is 0 Å². The highest BCUT2D eigenvalue weighted by Gasteiger charge is 2.58. The molecule has 3 aliphatic rings. The summed E-state index contributed by atoms with van der Waals surface area (Å²) in [6, 6.07) is 0.426. The molecule has 2 nitrogen and oxygen atoms in total. The minimum absolute atomic E-state index is 0.141. The summed E-state index contributed by atoms with van der Waals surface area (Å²) in [7, 11) is 0. The normalized spacial score (nSPS) is 36.3. The first-order chi connectivity index (χ1) is 11.3. The van der Waals surface area contributed by atoms with Gasteiger partial charge in [-0.1, -0.05) is 24.0 Å². The van der Waals surface area contributed by atoms with Crippen LogP contribution in [0.1, 0.15) is 44.9 Å². The van der Waals surface area contributed by atoms with E-state index in [0.29, 0.717) is 12.0 Å².